The fourth-order valence-electron chi connectivity index (χ4n) is 1.13. The normalized spacial score (nSPS) is 12.1. The van der Waals surface area contributed by atoms with Crippen molar-refractivity contribution < 1.29 is 4.79 Å². The van der Waals surface area contributed by atoms with Crippen LogP contribution >= 0.6 is 0 Å². The summed E-state index contributed by atoms with van der Waals surface area (Å²) in [6.07, 6.45) is 12.8. The summed E-state index contributed by atoms with van der Waals surface area (Å²) in [4.78, 5) is 14.7. The van der Waals surface area contributed by atoms with Gasteiger partial charge in [0.05, 0.1) is 0 Å². The van der Waals surface area contributed by atoms with Crippen molar-refractivity contribution in [2.24, 2.45) is 5.73 Å². The van der Waals surface area contributed by atoms with Gasteiger partial charge in [-0.05, 0) is 0 Å². The van der Waals surface area contributed by atoms with Crippen molar-refractivity contribution in [2.75, 3.05) is 0 Å². The molecule has 1 rings (SSSR count). The average Bonchev–Trinajstić information content (AvgIpc) is 2.80. The number of nitrogens with zero attached hydrogens (tertiary/aromatic N) is 3. The van der Waals surface area contributed by atoms with Crippen LogP contribution in [0.3, 0.4) is 0 Å². The molecule has 5 heteroatoms. The molecule has 92 valence electrons. The molecular weight excluding hydrogens is 228 g/mol. The lowest BCUT2D eigenvalue weighted by molar-refractivity contribution is -0.113. The van der Waals surface area contributed by atoms with Gasteiger partial charge in [-0.2, -0.15) is 0 Å². The minimum atomic E-state index is -0.541. The highest BCUT2D eigenvalue weighted by atomic mass is 16.1. The maximum atomic E-state index is 10.6. The number of carbonyl (C=O) groups is 1. The number of hydrogen-bond acceptors (Lipinski definition) is 3. The summed E-state index contributed by atoms with van der Waals surface area (Å²) in [5, 5.41) is 4.16. The van der Waals surface area contributed by atoms with Gasteiger partial charge in [0.15, 0.2) is 5.82 Å². The number of rotatable bonds is 6. The van der Waals surface area contributed by atoms with Crippen molar-refractivity contribution in [1.29, 1.82) is 0 Å². The molecule has 0 saturated carbocycles. The predicted molar refractivity (Wildman–Crippen MR) is 72.1 cm³/mol. The van der Waals surface area contributed by atoms with Gasteiger partial charge in [0, 0.05) is 17.8 Å². The zero-order valence-electron chi connectivity index (χ0n) is 9.86. The maximum Gasteiger partial charge on any atom is 0.242 e. The average molecular weight is 242 g/mol. The number of hydrogen-bond donors (Lipinski definition) is 1. The van der Waals surface area contributed by atoms with E-state index in [1.807, 2.05) is 6.08 Å². The molecule has 1 amide bonds. The Morgan fingerprint density at radius 3 is 2.72 bits per heavy atom. The van der Waals surface area contributed by atoms with Gasteiger partial charge in [0.2, 0.25) is 5.91 Å². The molecule has 0 aliphatic rings. The fourth-order valence-corrected chi connectivity index (χ4v) is 1.13. The molecule has 2 N–H and O–H groups in total. The molecule has 0 atom stereocenters. The van der Waals surface area contributed by atoms with Crippen LogP contribution < -0.4 is 5.73 Å². The standard InChI is InChI=1S/C13H14N4O/c1-3-5-7-11(6-4-2)13-15-10-17(16-13)9-8-12(14)18/h3-10H,1-2H2,(H2,14,18)/b7-5-,9-8-,11-6+. The van der Waals surface area contributed by atoms with E-state index in [1.54, 1.807) is 24.3 Å². The molecule has 0 aliphatic carbocycles. The molecule has 0 fully saturated rings. The third kappa shape index (κ3) is 4.05. The number of carbonyl (C=O) groups excluding carboxylic acids is 1. The van der Waals surface area contributed by atoms with E-state index in [0.717, 1.165) is 5.57 Å². The third-order valence-corrected chi connectivity index (χ3v) is 1.87. The molecule has 0 saturated heterocycles. The molecule has 0 aromatic carbocycles. The summed E-state index contributed by atoms with van der Waals surface area (Å²) in [5.41, 5.74) is 5.77. The van der Waals surface area contributed by atoms with Gasteiger partial charge < -0.3 is 5.73 Å². The Hall–Kier alpha value is -2.69. The molecule has 0 bridgehead atoms. The highest BCUT2D eigenvalue weighted by molar-refractivity contribution is 5.88. The molecule has 18 heavy (non-hydrogen) atoms. The second-order valence-corrected chi connectivity index (χ2v) is 3.22. The third-order valence-electron chi connectivity index (χ3n) is 1.87. The van der Waals surface area contributed by atoms with Crippen molar-refractivity contribution >= 4 is 17.7 Å². The zero-order valence-corrected chi connectivity index (χ0v) is 9.86. The SMILES string of the molecule is C=C/C=C\C(=C/C=C)c1ncn(/C=C\C(N)=O)n1. The Bertz CT molecular complexity index is 535. The molecule has 0 aliphatic heterocycles. The van der Waals surface area contributed by atoms with Crippen LogP contribution in [-0.4, -0.2) is 20.7 Å². The first-order chi connectivity index (χ1) is 8.67. The topological polar surface area (TPSA) is 73.8 Å². The minimum Gasteiger partial charge on any atom is -0.366 e. The summed E-state index contributed by atoms with van der Waals surface area (Å²) in [5.74, 6) is -0.0254. The van der Waals surface area contributed by atoms with Crippen LogP contribution in [0.15, 0.2) is 55.9 Å². The quantitative estimate of drug-likeness (QED) is 0.607. The van der Waals surface area contributed by atoms with Crippen LogP contribution in [0.5, 0.6) is 0 Å². The molecular formula is C13H14N4O. The number of allylic oxidation sites excluding steroid dienone is 6. The van der Waals surface area contributed by atoms with Crippen molar-refractivity contribution in [3.05, 3.63) is 61.8 Å². The van der Waals surface area contributed by atoms with E-state index < -0.39 is 5.91 Å². The number of amides is 1. The molecule has 5 nitrogen and oxygen atoms in total. The van der Waals surface area contributed by atoms with Crippen LogP contribution in [0.2, 0.25) is 0 Å². The van der Waals surface area contributed by atoms with Gasteiger partial charge in [-0.25, -0.2) is 9.67 Å². The molecule has 1 aromatic heterocycles. The molecule has 1 heterocycles. The Morgan fingerprint density at radius 1 is 1.33 bits per heavy atom. The Morgan fingerprint density at radius 2 is 2.11 bits per heavy atom. The zero-order chi connectivity index (χ0) is 13.4. The summed E-state index contributed by atoms with van der Waals surface area (Å²) in [7, 11) is 0. The first-order valence-electron chi connectivity index (χ1n) is 5.18. The van der Waals surface area contributed by atoms with Crippen LogP contribution in [0, 0.1) is 0 Å². The van der Waals surface area contributed by atoms with E-state index in [4.69, 9.17) is 5.73 Å². The highest BCUT2D eigenvalue weighted by Gasteiger charge is 2.02. The van der Waals surface area contributed by atoms with Gasteiger partial charge >= 0.3 is 0 Å². The van der Waals surface area contributed by atoms with Gasteiger partial charge in [-0.15, -0.1) is 5.10 Å². The first kappa shape index (κ1) is 13.4. The van der Waals surface area contributed by atoms with Crippen molar-refractivity contribution in [3.63, 3.8) is 0 Å². The summed E-state index contributed by atoms with van der Waals surface area (Å²) in [6, 6.07) is 0. The largest absolute Gasteiger partial charge is 0.366 e. The fraction of sp³-hybridized carbons (Fsp3) is 0. The minimum absolute atomic E-state index is 0.516. The Balaban J connectivity index is 2.98. The van der Waals surface area contributed by atoms with E-state index in [0.29, 0.717) is 5.82 Å². The Labute approximate surface area is 105 Å². The lowest BCUT2D eigenvalue weighted by atomic mass is 10.2. The lowest BCUT2D eigenvalue weighted by Gasteiger charge is -1.93. The monoisotopic (exact) mass is 242 g/mol. The van der Waals surface area contributed by atoms with Crippen molar-refractivity contribution in [1.82, 2.24) is 14.8 Å². The Kier molecular flexibility index (Phi) is 5.05. The molecule has 0 unspecified atom stereocenters. The number of nitrogens with two attached hydrogens (primary N) is 1. The second-order valence-electron chi connectivity index (χ2n) is 3.22. The van der Waals surface area contributed by atoms with Crippen LogP contribution in [0.1, 0.15) is 5.82 Å². The molecule has 0 radical (unpaired) electrons. The van der Waals surface area contributed by atoms with Gasteiger partial charge in [0.1, 0.15) is 6.33 Å². The maximum absolute atomic E-state index is 10.6. The van der Waals surface area contributed by atoms with Crippen LogP contribution in [-0.2, 0) is 4.79 Å². The summed E-state index contributed by atoms with van der Waals surface area (Å²) >= 11 is 0. The molecule has 1 aromatic rings. The van der Waals surface area contributed by atoms with E-state index in [1.165, 1.54) is 23.3 Å². The smallest absolute Gasteiger partial charge is 0.242 e. The van der Waals surface area contributed by atoms with E-state index in [2.05, 4.69) is 23.2 Å². The summed E-state index contributed by atoms with van der Waals surface area (Å²) < 4.78 is 1.40. The van der Waals surface area contributed by atoms with E-state index in [-0.39, 0.29) is 0 Å². The second kappa shape index (κ2) is 6.80. The number of aromatic nitrogens is 3. The van der Waals surface area contributed by atoms with E-state index in [9.17, 15) is 4.79 Å². The summed E-state index contributed by atoms with van der Waals surface area (Å²) in [6.45, 7) is 7.22. The molecule has 0 spiro atoms. The predicted octanol–water partition coefficient (Wildman–Crippen LogP) is 1.55. The van der Waals surface area contributed by atoms with Crippen molar-refractivity contribution in [3.8, 4) is 0 Å². The van der Waals surface area contributed by atoms with Crippen molar-refractivity contribution in [2.45, 2.75) is 0 Å². The van der Waals surface area contributed by atoms with Crippen LogP contribution in [0.4, 0.5) is 0 Å². The van der Waals surface area contributed by atoms with E-state index >= 15 is 0 Å². The number of primary amides is 1. The van der Waals surface area contributed by atoms with Gasteiger partial charge in [-0.3, -0.25) is 4.79 Å². The van der Waals surface area contributed by atoms with Gasteiger partial charge in [-0.1, -0.05) is 43.5 Å². The van der Waals surface area contributed by atoms with Crippen LogP contribution in [0.25, 0.3) is 11.8 Å². The lowest BCUT2D eigenvalue weighted by Crippen LogP contribution is -2.06. The van der Waals surface area contributed by atoms with Gasteiger partial charge in [0.25, 0.3) is 0 Å². The highest BCUT2D eigenvalue weighted by Crippen LogP contribution is 2.11. The first-order valence-corrected chi connectivity index (χ1v) is 5.18.